The highest BCUT2D eigenvalue weighted by molar-refractivity contribution is 5.38. The third-order valence-electron chi connectivity index (χ3n) is 4.17. The van der Waals surface area contributed by atoms with E-state index in [2.05, 4.69) is 33.9 Å². The molecule has 0 aliphatic rings. The van der Waals surface area contributed by atoms with Crippen LogP contribution in [0.15, 0.2) is 60.1 Å². The van der Waals surface area contributed by atoms with E-state index < -0.39 is 0 Å². The monoisotopic (exact) mass is 318 g/mol. The van der Waals surface area contributed by atoms with Crippen molar-refractivity contribution >= 4 is 0 Å². The maximum atomic E-state index is 10.7. The van der Waals surface area contributed by atoms with Crippen LogP contribution in [-0.2, 0) is 0 Å². The Kier molecular flexibility index (Phi) is 10.1. The summed E-state index contributed by atoms with van der Waals surface area (Å²) < 4.78 is 0. The van der Waals surface area contributed by atoms with Gasteiger partial charge in [0.25, 0.3) is 0 Å². The van der Waals surface area contributed by atoms with E-state index in [0.29, 0.717) is 5.57 Å². The molecule has 0 aromatic heterocycles. The second-order valence-corrected chi connectivity index (χ2v) is 6.23. The van der Waals surface area contributed by atoms with Crippen LogP contribution < -0.4 is 0 Å². The molecule has 0 aromatic rings. The van der Waals surface area contributed by atoms with Crippen molar-refractivity contribution in [1.29, 1.82) is 0 Å². The molecule has 0 fully saturated rings. The molecular weight excluding hydrogens is 284 g/mol. The van der Waals surface area contributed by atoms with E-state index in [9.17, 15) is 10.2 Å². The Balaban J connectivity index is 6.03. The predicted octanol–water partition coefficient (Wildman–Crippen LogP) is 6.66. The summed E-state index contributed by atoms with van der Waals surface area (Å²) in [7, 11) is 0. The van der Waals surface area contributed by atoms with Crippen molar-refractivity contribution in [2.75, 3.05) is 0 Å². The van der Waals surface area contributed by atoms with E-state index in [1.807, 2.05) is 32.1 Å². The quantitative estimate of drug-likeness (QED) is 0.269. The molecule has 2 nitrogen and oxygen atoms in total. The lowest BCUT2D eigenvalue weighted by atomic mass is 9.78. The number of allylic oxidation sites excluding steroid dienone is 6. The Morgan fingerprint density at radius 3 is 2.22 bits per heavy atom. The van der Waals surface area contributed by atoms with Gasteiger partial charge in [0.05, 0.1) is 0 Å². The van der Waals surface area contributed by atoms with E-state index in [4.69, 9.17) is 0 Å². The average Bonchev–Trinajstić information content (AvgIpc) is 2.47. The molecule has 0 saturated heterocycles. The summed E-state index contributed by atoms with van der Waals surface area (Å²) in [4.78, 5) is 0. The van der Waals surface area contributed by atoms with Crippen molar-refractivity contribution in [2.45, 2.75) is 53.9 Å². The van der Waals surface area contributed by atoms with Crippen molar-refractivity contribution in [3.05, 3.63) is 60.1 Å². The van der Waals surface area contributed by atoms with Crippen molar-refractivity contribution in [3.8, 4) is 0 Å². The molecule has 130 valence electrons. The van der Waals surface area contributed by atoms with Gasteiger partial charge in [0, 0.05) is 11.5 Å². The van der Waals surface area contributed by atoms with E-state index in [-0.39, 0.29) is 29.3 Å². The fourth-order valence-corrected chi connectivity index (χ4v) is 3.03. The standard InChI is InChI=1S/C21H34O2/c1-8-12-16(7)14-20(23)21(19(22)11-4)18(13-9-2)17(10-3)15(5)6/h9,11,13-14,16-18,22-23H,4-5,8,10,12H2,1-3,6-7H3/b13-9+,20-14+,21-19+/t16?,17-,18?/m0/s1. The molecule has 3 atom stereocenters. The van der Waals surface area contributed by atoms with Gasteiger partial charge in [-0.05, 0) is 50.7 Å². The first-order chi connectivity index (χ1) is 10.8. The van der Waals surface area contributed by atoms with E-state index in [1.165, 1.54) is 6.08 Å². The van der Waals surface area contributed by atoms with Gasteiger partial charge >= 0.3 is 0 Å². The molecule has 23 heavy (non-hydrogen) atoms. The molecule has 2 N–H and O–H groups in total. The van der Waals surface area contributed by atoms with Gasteiger partial charge in [0.2, 0.25) is 0 Å². The minimum atomic E-state index is -0.120. The fourth-order valence-electron chi connectivity index (χ4n) is 3.03. The molecule has 2 unspecified atom stereocenters. The Labute approximate surface area is 142 Å². The molecule has 0 aliphatic carbocycles. The zero-order valence-corrected chi connectivity index (χ0v) is 15.5. The summed E-state index contributed by atoms with van der Waals surface area (Å²) in [6.07, 6.45) is 10.1. The maximum Gasteiger partial charge on any atom is 0.122 e. The summed E-state index contributed by atoms with van der Waals surface area (Å²) in [5, 5.41) is 21.0. The highest BCUT2D eigenvalue weighted by Crippen LogP contribution is 2.35. The first-order valence-electron chi connectivity index (χ1n) is 8.58. The average molecular weight is 319 g/mol. The predicted molar refractivity (Wildman–Crippen MR) is 102 cm³/mol. The van der Waals surface area contributed by atoms with E-state index >= 15 is 0 Å². The number of aliphatic hydroxyl groups excluding tert-OH is 2. The second-order valence-electron chi connectivity index (χ2n) is 6.23. The van der Waals surface area contributed by atoms with Gasteiger partial charge < -0.3 is 10.2 Å². The fraction of sp³-hybridized carbons (Fsp3) is 0.524. The van der Waals surface area contributed by atoms with E-state index in [0.717, 1.165) is 24.8 Å². The molecular formula is C21H34O2. The first kappa shape index (κ1) is 21.3. The summed E-state index contributed by atoms with van der Waals surface area (Å²) in [5.41, 5.74) is 1.58. The Morgan fingerprint density at radius 2 is 1.83 bits per heavy atom. The number of hydrogen-bond donors (Lipinski definition) is 2. The van der Waals surface area contributed by atoms with Crippen molar-refractivity contribution < 1.29 is 10.2 Å². The van der Waals surface area contributed by atoms with Gasteiger partial charge in [0.15, 0.2) is 0 Å². The molecule has 2 heteroatoms. The Bertz CT molecular complexity index is 480. The van der Waals surface area contributed by atoms with Crippen LogP contribution in [0.2, 0.25) is 0 Å². The lowest BCUT2D eigenvalue weighted by molar-refractivity contribution is 0.354. The van der Waals surface area contributed by atoms with Crippen molar-refractivity contribution in [1.82, 2.24) is 0 Å². The third kappa shape index (κ3) is 6.52. The minimum Gasteiger partial charge on any atom is -0.508 e. The number of hydrogen-bond acceptors (Lipinski definition) is 2. The van der Waals surface area contributed by atoms with Crippen LogP contribution in [0.5, 0.6) is 0 Å². The normalized spacial score (nSPS) is 17.5. The van der Waals surface area contributed by atoms with Gasteiger partial charge in [-0.3, -0.25) is 0 Å². The zero-order chi connectivity index (χ0) is 18.0. The SMILES string of the molecule is C=C/C(O)=C(\C(O)=C/C(C)CCC)C(/C=C/C)[C@@H](CC)C(=C)C. The molecule has 0 saturated carbocycles. The van der Waals surface area contributed by atoms with Crippen LogP contribution in [0.1, 0.15) is 53.9 Å². The summed E-state index contributed by atoms with van der Waals surface area (Å²) in [5.74, 6) is 0.464. The maximum absolute atomic E-state index is 10.7. The van der Waals surface area contributed by atoms with E-state index in [1.54, 1.807) is 0 Å². The first-order valence-corrected chi connectivity index (χ1v) is 8.58. The lowest BCUT2D eigenvalue weighted by Crippen LogP contribution is -2.18. The molecule has 0 heterocycles. The molecule has 0 radical (unpaired) electrons. The van der Waals surface area contributed by atoms with Crippen LogP contribution in [0.25, 0.3) is 0 Å². The third-order valence-corrected chi connectivity index (χ3v) is 4.17. The van der Waals surface area contributed by atoms with Crippen LogP contribution >= 0.6 is 0 Å². The smallest absolute Gasteiger partial charge is 0.122 e. The minimum absolute atomic E-state index is 0.0326. The largest absolute Gasteiger partial charge is 0.508 e. The number of aliphatic hydroxyl groups is 2. The van der Waals surface area contributed by atoms with Crippen LogP contribution in [0.3, 0.4) is 0 Å². The van der Waals surface area contributed by atoms with Crippen molar-refractivity contribution in [2.24, 2.45) is 17.8 Å². The highest BCUT2D eigenvalue weighted by atomic mass is 16.3. The zero-order valence-electron chi connectivity index (χ0n) is 15.5. The molecule has 0 rings (SSSR count). The van der Waals surface area contributed by atoms with Crippen LogP contribution in [-0.4, -0.2) is 10.2 Å². The summed E-state index contributed by atoms with van der Waals surface area (Å²) >= 11 is 0. The number of rotatable bonds is 10. The van der Waals surface area contributed by atoms with Crippen molar-refractivity contribution in [3.63, 3.8) is 0 Å². The lowest BCUT2D eigenvalue weighted by Gasteiger charge is -2.27. The van der Waals surface area contributed by atoms with Gasteiger partial charge in [-0.1, -0.05) is 58.1 Å². The van der Waals surface area contributed by atoms with Crippen LogP contribution in [0.4, 0.5) is 0 Å². The topological polar surface area (TPSA) is 40.5 Å². The van der Waals surface area contributed by atoms with Gasteiger partial charge in [-0.15, -0.1) is 0 Å². The molecule has 0 aromatic carbocycles. The summed E-state index contributed by atoms with van der Waals surface area (Å²) in [6, 6.07) is 0. The van der Waals surface area contributed by atoms with Crippen LogP contribution in [0, 0.1) is 17.8 Å². The highest BCUT2D eigenvalue weighted by Gasteiger charge is 2.27. The molecule has 0 amide bonds. The molecule has 0 aliphatic heterocycles. The Morgan fingerprint density at radius 1 is 1.22 bits per heavy atom. The van der Waals surface area contributed by atoms with Gasteiger partial charge in [-0.25, -0.2) is 0 Å². The molecule has 0 spiro atoms. The Hall–Kier alpha value is -1.70. The molecule has 0 bridgehead atoms. The van der Waals surface area contributed by atoms with Gasteiger partial charge in [-0.2, -0.15) is 0 Å². The van der Waals surface area contributed by atoms with Gasteiger partial charge in [0.1, 0.15) is 11.5 Å². The second kappa shape index (κ2) is 10.9. The summed E-state index contributed by atoms with van der Waals surface area (Å²) in [6.45, 7) is 18.0.